The van der Waals surface area contributed by atoms with E-state index in [1.54, 1.807) is 12.3 Å². The summed E-state index contributed by atoms with van der Waals surface area (Å²) < 4.78 is 0. The highest BCUT2D eigenvalue weighted by molar-refractivity contribution is 7.21. The lowest BCUT2D eigenvalue weighted by atomic mass is 10.3. The van der Waals surface area contributed by atoms with E-state index in [0.717, 1.165) is 5.39 Å². The Kier molecular flexibility index (Phi) is 3.50. The van der Waals surface area contributed by atoms with Crippen LogP contribution >= 0.6 is 11.3 Å². The van der Waals surface area contributed by atoms with Gasteiger partial charge in [0.25, 0.3) is 5.91 Å². The Morgan fingerprint density at radius 1 is 1.59 bits per heavy atom. The predicted octanol–water partition coefficient (Wildman–Crippen LogP) is 0.386. The third-order valence-electron chi connectivity index (χ3n) is 2.25. The third kappa shape index (κ3) is 2.34. The number of nitrogens with one attached hydrogen (secondary N) is 1. The quantitative estimate of drug-likeness (QED) is 0.683. The van der Waals surface area contributed by atoms with Crippen LogP contribution in [-0.2, 0) is 0 Å². The topological polar surface area (TPSA) is 101 Å². The van der Waals surface area contributed by atoms with Crippen LogP contribution < -0.4 is 11.1 Å². The standard InChI is InChI=1S/C10H12N4O2S/c11-7-6-2-4-13-14-10(6)17-8(7)9(16)12-3-1-5-15/h2,4,15H,1,3,5,11H2,(H,12,16). The summed E-state index contributed by atoms with van der Waals surface area (Å²) in [5.41, 5.74) is 6.31. The summed E-state index contributed by atoms with van der Waals surface area (Å²) in [6, 6.07) is 1.73. The zero-order chi connectivity index (χ0) is 12.3. The van der Waals surface area contributed by atoms with Gasteiger partial charge in [0.05, 0.1) is 11.9 Å². The van der Waals surface area contributed by atoms with Gasteiger partial charge < -0.3 is 16.2 Å². The Labute approximate surface area is 101 Å². The van der Waals surface area contributed by atoms with E-state index in [1.807, 2.05) is 0 Å². The van der Waals surface area contributed by atoms with E-state index in [2.05, 4.69) is 15.5 Å². The lowest BCUT2D eigenvalue weighted by Crippen LogP contribution is -2.24. The molecule has 0 aliphatic rings. The van der Waals surface area contributed by atoms with Crippen molar-refractivity contribution in [2.75, 3.05) is 18.9 Å². The molecule has 0 fully saturated rings. The second kappa shape index (κ2) is 5.07. The van der Waals surface area contributed by atoms with Crippen molar-refractivity contribution in [1.82, 2.24) is 15.5 Å². The van der Waals surface area contributed by atoms with Crippen molar-refractivity contribution in [2.24, 2.45) is 0 Å². The van der Waals surface area contributed by atoms with Gasteiger partial charge in [-0.05, 0) is 12.5 Å². The molecule has 0 atom stereocenters. The molecular weight excluding hydrogens is 240 g/mol. The minimum absolute atomic E-state index is 0.0493. The van der Waals surface area contributed by atoms with Crippen LogP contribution in [0.2, 0.25) is 0 Å². The van der Waals surface area contributed by atoms with E-state index >= 15 is 0 Å². The SMILES string of the molecule is Nc1c(C(=O)NCCCO)sc2nnccc12. The summed E-state index contributed by atoms with van der Waals surface area (Å²) in [6.07, 6.45) is 2.06. The number of nitrogens with zero attached hydrogens (tertiary/aromatic N) is 2. The van der Waals surface area contributed by atoms with Crippen molar-refractivity contribution in [2.45, 2.75) is 6.42 Å². The molecule has 0 unspecified atom stereocenters. The highest BCUT2D eigenvalue weighted by atomic mass is 32.1. The molecule has 2 aromatic heterocycles. The summed E-state index contributed by atoms with van der Waals surface area (Å²) >= 11 is 1.22. The number of hydrogen-bond acceptors (Lipinski definition) is 6. The van der Waals surface area contributed by atoms with Crippen molar-refractivity contribution in [3.8, 4) is 0 Å². The Balaban J connectivity index is 2.23. The fraction of sp³-hybridized carbons (Fsp3) is 0.300. The number of thiophene rings is 1. The van der Waals surface area contributed by atoms with Crippen LogP contribution in [0.5, 0.6) is 0 Å². The Morgan fingerprint density at radius 2 is 2.41 bits per heavy atom. The number of carbonyl (C=O) groups is 1. The molecule has 17 heavy (non-hydrogen) atoms. The summed E-state index contributed by atoms with van der Waals surface area (Å²) in [4.78, 5) is 12.9. The summed E-state index contributed by atoms with van der Waals surface area (Å²) in [5.74, 6) is -0.237. The molecule has 0 radical (unpaired) electrons. The van der Waals surface area contributed by atoms with Crippen molar-refractivity contribution < 1.29 is 9.90 Å². The van der Waals surface area contributed by atoms with E-state index in [4.69, 9.17) is 10.8 Å². The second-order valence-electron chi connectivity index (χ2n) is 3.43. The maximum atomic E-state index is 11.8. The van der Waals surface area contributed by atoms with Gasteiger partial charge in [-0.1, -0.05) is 0 Å². The number of nitrogens with two attached hydrogens (primary N) is 1. The molecule has 0 spiro atoms. The molecule has 0 aliphatic carbocycles. The molecule has 0 aliphatic heterocycles. The first-order valence-corrected chi connectivity index (χ1v) is 5.94. The summed E-state index contributed by atoms with van der Waals surface area (Å²) in [5, 5.41) is 19.7. The fourth-order valence-electron chi connectivity index (χ4n) is 1.40. The molecule has 1 amide bonds. The van der Waals surface area contributed by atoms with E-state index in [1.165, 1.54) is 11.3 Å². The molecule has 0 bridgehead atoms. The molecule has 7 heteroatoms. The number of aromatic nitrogens is 2. The van der Waals surface area contributed by atoms with Gasteiger partial charge in [-0.2, -0.15) is 5.10 Å². The average Bonchev–Trinajstić information content (AvgIpc) is 2.68. The monoisotopic (exact) mass is 252 g/mol. The third-order valence-corrected chi connectivity index (χ3v) is 3.35. The van der Waals surface area contributed by atoms with Crippen molar-refractivity contribution in [3.05, 3.63) is 17.1 Å². The number of hydrogen-bond donors (Lipinski definition) is 3. The van der Waals surface area contributed by atoms with Gasteiger partial charge in [0, 0.05) is 18.5 Å². The van der Waals surface area contributed by atoms with Crippen LogP contribution in [-0.4, -0.2) is 34.4 Å². The van der Waals surface area contributed by atoms with Gasteiger partial charge in [-0.25, -0.2) is 0 Å². The lowest BCUT2D eigenvalue weighted by Gasteiger charge is -2.02. The molecular formula is C10H12N4O2S. The van der Waals surface area contributed by atoms with Crippen LogP contribution in [0.1, 0.15) is 16.1 Å². The molecule has 2 aromatic rings. The van der Waals surface area contributed by atoms with E-state index < -0.39 is 0 Å². The summed E-state index contributed by atoms with van der Waals surface area (Å²) in [6.45, 7) is 0.475. The lowest BCUT2D eigenvalue weighted by molar-refractivity contribution is 0.0956. The van der Waals surface area contributed by atoms with Crippen LogP contribution in [0, 0.1) is 0 Å². The van der Waals surface area contributed by atoms with Crippen LogP contribution in [0.3, 0.4) is 0 Å². The first-order chi connectivity index (χ1) is 8.24. The predicted molar refractivity (Wildman–Crippen MR) is 65.9 cm³/mol. The maximum Gasteiger partial charge on any atom is 0.263 e. The number of amides is 1. The maximum absolute atomic E-state index is 11.8. The average molecular weight is 252 g/mol. The highest BCUT2D eigenvalue weighted by Gasteiger charge is 2.16. The minimum Gasteiger partial charge on any atom is -0.397 e. The first-order valence-electron chi connectivity index (χ1n) is 5.12. The van der Waals surface area contributed by atoms with Gasteiger partial charge in [0.15, 0.2) is 0 Å². The van der Waals surface area contributed by atoms with Crippen LogP contribution in [0.15, 0.2) is 12.3 Å². The van der Waals surface area contributed by atoms with Crippen LogP contribution in [0.25, 0.3) is 10.2 Å². The Bertz CT molecular complexity index is 540. The van der Waals surface area contributed by atoms with Crippen LogP contribution in [0.4, 0.5) is 5.69 Å². The number of fused-ring (bicyclic) bond motifs is 1. The van der Waals surface area contributed by atoms with E-state index in [0.29, 0.717) is 28.4 Å². The van der Waals surface area contributed by atoms with E-state index in [-0.39, 0.29) is 12.5 Å². The molecule has 90 valence electrons. The Hall–Kier alpha value is -1.73. The first kappa shape index (κ1) is 11.7. The van der Waals surface area contributed by atoms with Gasteiger partial charge >= 0.3 is 0 Å². The van der Waals surface area contributed by atoms with Crippen molar-refractivity contribution in [1.29, 1.82) is 0 Å². The second-order valence-corrected chi connectivity index (χ2v) is 4.43. The smallest absolute Gasteiger partial charge is 0.263 e. The van der Waals surface area contributed by atoms with Gasteiger partial charge in [0.2, 0.25) is 0 Å². The Morgan fingerprint density at radius 3 is 3.12 bits per heavy atom. The zero-order valence-corrected chi connectivity index (χ0v) is 9.83. The number of carbonyl (C=O) groups excluding carboxylic acids is 1. The van der Waals surface area contributed by atoms with Gasteiger partial charge in [0.1, 0.15) is 9.71 Å². The zero-order valence-electron chi connectivity index (χ0n) is 9.01. The molecule has 0 aromatic carbocycles. The molecule has 6 nitrogen and oxygen atoms in total. The van der Waals surface area contributed by atoms with Crippen molar-refractivity contribution >= 4 is 33.1 Å². The van der Waals surface area contributed by atoms with Crippen molar-refractivity contribution in [3.63, 3.8) is 0 Å². The minimum atomic E-state index is -0.237. The van der Waals surface area contributed by atoms with Gasteiger partial charge in [-0.3, -0.25) is 4.79 Å². The van der Waals surface area contributed by atoms with E-state index in [9.17, 15) is 4.79 Å². The van der Waals surface area contributed by atoms with Gasteiger partial charge in [-0.15, -0.1) is 16.4 Å². The number of anilines is 1. The summed E-state index contributed by atoms with van der Waals surface area (Å²) in [7, 11) is 0. The molecule has 4 N–H and O–H groups in total. The number of nitrogen functional groups attached to an aromatic ring is 1. The molecule has 0 saturated heterocycles. The normalized spacial score (nSPS) is 10.6. The number of aliphatic hydroxyl groups excluding tert-OH is 1. The molecule has 2 rings (SSSR count). The molecule has 0 saturated carbocycles. The molecule has 2 heterocycles. The number of aliphatic hydroxyl groups is 1. The highest BCUT2D eigenvalue weighted by Crippen LogP contribution is 2.31. The number of rotatable bonds is 4. The largest absolute Gasteiger partial charge is 0.397 e. The fourth-order valence-corrected chi connectivity index (χ4v) is 2.36.